The fraction of sp³-hybridized carbons (Fsp3) is 0.333. The van der Waals surface area contributed by atoms with Crippen LogP contribution in [0.1, 0.15) is 12.8 Å². The molecule has 5 heteroatoms. The van der Waals surface area contributed by atoms with Gasteiger partial charge in [-0.05, 0) is 36.4 Å². The van der Waals surface area contributed by atoms with Crippen LogP contribution in [0.5, 0.6) is 5.75 Å². The molecule has 3 aliphatic rings. The lowest BCUT2D eigenvalue weighted by molar-refractivity contribution is -0.124. The highest BCUT2D eigenvalue weighted by molar-refractivity contribution is 6.25. The summed E-state index contributed by atoms with van der Waals surface area (Å²) >= 11 is 0. The normalized spacial score (nSPS) is 32.1. The van der Waals surface area contributed by atoms with Crippen LogP contribution < -0.4 is 4.90 Å². The third-order valence-electron chi connectivity index (χ3n) is 5.37. The van der Waals surface area contributed by atoms with Crippen LogP contribution in [0.15, 0.2) is 36.4 Å². The Bertz CT molecular complexity index is 833. The predicted molar refractivity (Wildman–Crippen MR) is 83.0 cm³/mol. The molecule has 3 fully saturated rings. The third-order valence-corrected chi connectivity index (χ3v) is 5.37. The number of hydrogen-bond acceptors (Lipinski definition) is 4. The van der Waals surface area contributed by atoms with Gasteiger partial charge < -0.3 is 9.84 Å². The molecular weight excluding hydrogens is 294 g/mol. The number of rotatable bonds is 1. The first-order valence-electron chi connectivity index (χ1n) is 7.90. The predicted octanol–water partition coefficient (Wildman–Crippen LogP) is 2.21. The van der Waals surface area contributed by atoms with Gasteiger partial charge in [0.2, 0.25) is 11.8 Å². The second-order valence-corrected chi connectivity index (χ2v) is 6.54. The lowest BCUT2D eigenvalue weighted by Crippen LogP contribution is -2.34. The molecule has 0 aromatic heterocycles. The van der Waals surface area contributed by atoms with Crippen molar-refractivity contribution in [3.05, 3.63) is 36.4 Å². The zero-order valence-corrected chi connectivity index (χ0v) is 12.3. The maximum Gasteiger partial charge on any atom is 0.240 e. The van der Waals surface area contributed by atoms with Crippen LogP contribution in [0.2, 0.25) is 0 Å². The lowest BCUT2D eigenvalue weighted by Gasteiger charge is -2.19. The van der Waals surface area contributed by atoms with Gasteiger partial charge in [0.05, 0.1) is 29.7 Å². The number of hydrogen-bond donors (Lipinski definition) is 1. The van der Waals surface area contributed by atoms with Gasteiger partial charge in [0, 0.05) is 5.39 Å². The minimum Gasteiger partial charge on any atom is -0.508 e. The van der Waals surface area contributed by atoms with Gasteiger partial charge in [-0.3, -0.25) is 9.59 Å². The maximum absolute atomic E-state index is 12.9. The number of carbonyl (C=O) groups is 2. The summed E-state index contributed by atoms with van der Waals surface area (Å²) in [7, 11) is 0. The van der Waals surface area contributed by atoms with Crippen molar-refractivity contribution >= 4 is 28.3 Å². The number of imide groups is 1. The SMILES string of the molecule is O=C1C2C3CCC(O3)C2C(=O)N1c1cccc2ccc(O)cc12. The van der Waals surface area contributed by atoms with Crippen molar-refractivity contribution in [2.45, 2.75) is 25.0 Å². The van der Waals surface area contributed by atoms with E-state index in [9.17, 15) is 14.7 Å². The molecule has 0 aliphatic carbocycles. The van der Waals surface area contributed by atoms with Gasteiger partial charge in [0.15, 0.2) is 0 Å². The Morgan fingerprint density at radius 2 is 1.70 bits per heavy atom. The van der Waals surface area contributed by atoms with Crippen molar-refractivity contribution in [2.75, 3.05) is 4.90 Å². The van der Waals surface area contributed by atoms with Crippen molar-refractivity contribution in [3.8, 4) is 5.75 Å². The zero-order valence-electron chi connectivity index (χ0n) is 12.3. The van der Waals surface area contributed by atoms with E-state index in [4.69, 9.17) is 4.74 Å². The molecule has 3 heterocycles. The first-order valence-corrected chi connectivity index (χ1v) is 7.90. The van der Waals surface area contributed by atoms with Crippen LogP contribution in [-0.4, -0.2) is 29.1 Å². The minimum atomic E-state index is -0.339. The Balaban J connectivity index is 1.67. The molecule has 3 aliphatic heterocycles. The number of aromatic hydroxyl groups is 1. The molecule has 3 saturated heterocycles. The number of benzene rings is 2. The molecule has 4 unspecified atom stereocenters. The fourth-order valence-electron chi connectivity index (χ4n) is 4.39. The van der Waals surface area contributed by atoms with Gasteiger partial charge in [0.25, 0.3) is 0 Å². The molecular formula is C18H15NO4. The monoisotopic (exact) mass is 309 g/mol. The van der Waals surface area contributed by atoms with E-state index in [1.54, 1.807) is 24.3 Å². The summed E-state index contributed by atoms with van der Waals surface area (Å²) < 4.78 is 5.76. The topological polar surface area (TPSA) is 66.8 Å². The molecule has 2 amide bonds. The number of anilines is 1. The first-order chi connectivity index (χ1) is 11.1. The van der Waals surface area contributed by atoms with E-state index in [1.807, 2.05) is 12.1 Å². The molecule has 0 saturated carbocycles. The highest BCUT2D eigenvalue weighted by Gasteiger charge is 2.62. The molecule has 5 nitrogen and oxygen atoms in total. The van der Waals surface area contributed by atoms with E-state index in [2.05, 4.69) is 0 Å². The average molecular weight is 309 g/mol. The van der Waals surface area contributed by atoms with Crippen LogP contribution >= 0.6 is 0 Å². The summed E-state index contributed by atoms with van der Waals surface area (Å²) in [5.74, 6) is -0.888. The summed E-state index contributed by atoms with van der Waals surface area (Å²) in [5.41, 5.74) is 0.558. The summed E-state index contributed by atoms with van der Waals surface area (Å²) in [5, 5.41) is 11.4. The van der Waals surface area contributed by atoms with Crippen molar-refractivity contribution in [1.29, 1.82) is 0 Å². The van der Waals surface area contributed by atoms with Crippen molar-refractivity contribution < 1.29 is 19.4 Å². The summed E-state index contributed by atoms with van der Waals surface area (Å²) in [4.78, 5) is 27.1. The van der Waals surface area contributed by atoms with Gasteiger partial charge in [-0.15, -0.1) is 0 Å². The minimum absolute atomic E-state index is 0.116. The number of nitrogens with zero attached hydrogens (tertiary/aromatic N) is 1. The van der Waals surface area contributed by atoms with E-state index >= 15 is 0 Å². The summed E-state index contributed by atoms with van der Waals surface area (Å²) in [6.45, 7) is 0. The number of amides is 2. The average Bonchev–Trinajstić information content (AvgIpc) is 3.21. The van der Waals surface area contributed by atoms with Crippen LogP contribution in [0.4, 0.5) is 5.69 Å². The van der Waals surface area contributed by atoms with Crippen LogP contribution in [0.3, 0.4) is 0 Å². The van der Waals surface area contributed by atoms with Gasteiger partial charge in [-0.1, -0.05) is 18.2 Å². The Morgan fingerprint density at radius 3 is 2.39 bits per heavy atom. The highest BCUT2D eigenvalue weighted by Crippen LogP contribution is 2.50. The Kier molecular flexibility index (Phi) is 2.46. The quantitative estimate of drug-likeness (QED) is 0.820. The van der Waals surface area contributed by atoms with Gasteiger partial charge >= 0.3 is 0 Å². The van der Waals surface area contributed by atoms with Gasteiger partial charge in [0.1, 0.15) is 5.75 Å². The largest absolute Gasteiger partial charge is 0.508 e. The molecule has 5 rings (SSSR count). The maximum atomic E-state index is 12.9. The molecule has 2 aromatic carbocycles. The molecule has 2 bridgehead atoms. The highest BCUT2D eigenvalue weighted by atomic mass is 16.5. The second-order valence-electron chi connectivity index (χ2n) is 6.54. The number of phenols is 1. The Morgan fingerprint density at radius 1 is 1.00 bits per heavy atom. The van der Waals surface area contributed by atoms with Crippen molar-refractivity contribution in [2.24, 2.45) is 11.8 Å². The summed E-state index contributed by atoms with van der Waals surface area (Å²) in [6.07, 6.45) is 1.48. The third kappa shape index (κ3) is 1.60. The lowest BCUT2D eigenvalue weighted by atomic mass is 9.81. The van der Waals surface area contributed by atoms with E-state index in [0.717, 1.165) is 18.2 Å². The molecule has 1 N–H and O–H groups in total. The van der Waals surface area contributed by atoms with E-state index < -0.39 is 0 Å². The fourth-order valence-corrected chi connectivity index (χ4v) is 4.39. The van der Waals surface area contributed by atoms with Crippen LogP contribution in [-0.2, 0) is 14.3 Å². The standard InChI is InChI=1S/C18H15NO4/c20-10-5-4-9-2-1-3-12(11(9)8-10)19-17(21)15-13-6-7-14(23-13)16(15)18(19)22/h1-5,8,13-16,20H,6-7H2. The Labute approximate surface area is 132 Å². The number of carbonyl (C=O) groups excluding carboxylic acids is 2. The molecule has 2 aromatic rings. The summed E-state index contributed by atoms with van der Waals surface area (Å²) in [6, 6.07) is 10.5. The molecule has 23 heavy (non-hydrogen) atoms. The van der Waals surface area contributed by atoms with Crippen LogP contribution in [0.25, 0.3) is 10.8 Å². The van der Waals surface area contributed by atoms with Crippen molar-refractivity contribution in [1.82, 2.24) is 0 Å². The number of phenolic OH excluding ortho intramolecular Hbond substituents is 1. The first kappa shape index (κ1) is 13.1. The molecule has 116 valence electrons. The van der Waals surface area contributed by atoms with Gasteiger partial charge in [-0.2, -0.15) is 0 Å². The molecule has 0 radical (unpaired) electrons. The van der Waals surface area contributed by atoms with Crippen LogP contribution in [0, 0.1) is 11.8 Å². The smallest absolute Gasteiger partial charge is 0.240 e. The molecule has 0 spiro atoms. The number of ether oxygens (including phenoxy) is 1. The molecule has 4 atom stereocenters. The van der Waals surface area contributed by atoms with Gasteiger partial charge in [-0.25, -0.2) is 4.90 Å². The van der Waals surface area contributed by atoms with Crippen molar-refractivity contribution in [3.63, 3.8) is 0 Å². The van der Waals surface area contributed by atoms with E-state index in [1.165, 1.54) is 4.90 Å². The second kappa shape index (κ2) is 4.32. The number of fused-ring (bicyclic) bond motifs is 6. The van der Waals surface area contributed by atoms with E-state index in [0.29, 0.717) is 11.1 Å². The van der Waals surface area contributed by atoms with E-state index in [-0.39, 0.29) is 41.6 Å². The zero-order chi connectivity index (χ0) is 15.7. The Hall–Kier alpha value is -2.40.